The van der Waals surface area contributed by atoms with Gasteiger partial charge in [0.05, 0.1) is 25.1 Å². The van der Waals surface area contributed by atoms with Crippen molar-refractivity contribution in [2.24, 2.45) is 0 Å². The molecule has 224 valence electrons. The summed E-state index contributed by atoms with van der Waals surface area (Å²) in [6, 6.07) is 35.2. The molecule has 0 bridgehead atoms. The Bertz CT molecular complexity index is 3020. The van der Waals surface area contributed by atoms with Crippen LogP contribution >= 0.6 is 0 Å². The Morgan fingerprint density at radius 3 is 1.33 bits per heavy atom. The van der Waals surface area contributed by atoms with Gasteiger partial charge in [0, 0.05) is 16.7 Å². The van der Waals surface area contributed by atoms with Crippen LogP contribution in [0.25, 0.3) is 88.5 Å². The maximum Gasteiger partial charge on any atom is 0.160 e. The summed E-state index contributed by atoms with van der Waals surface area (Å²) in [5.41, 5.74) is 4.08. The Hall–Kier alpha value is -6.38. The minimum Gasteiger partial charge on any atom is -0.228 e. The zero-order chi connectivity index (χ0) is 40.6. The predicted octanol–water partition coefficient (Wildman–Crippen LogP) is 12.3. The molecule has 0 saturated heterocycles. The van der Waals surface area contributed by atoms with Gasteiger partial charge in [-0.15, -0.1) is 0 Å². The molecule has 0 radical (unpaired) electrons. The van der Waals surface area contributed by atoms with E-state index >= 15 is 0 Å². The zero-order valence-electron chi connectivity index (χ0n) is 35.4. The molecular weight excluding hydrogens is 581 g/mol. The summed E-state index contributed by atoms with van der Waals surface area (Å²) < 4.78 is 84.0. The largest absolute Gasteiger partial charge is 0.228 e. The van der Waals surface area contributed by atoms with Gasteiger partial charge < -0.3 is 0 Å². The summed E-state index contributed by atoms with van der Waals surface area (Å²) in [7, 11) is 0. The van der Waals surface area contributed by atoms with Crippen molar-refractivity contribution in [3.63, 3.8) is 0 Å². The van der Waals surface area contributed by atoms with Crippen molar-refractivity contribution in [3.8, 4) is 56.2 Å². The summed E-state index contributed by atoms with van der Waals surface area (Å²) in [5, 5.41) is 7.12. The van der Waals surface area contributed by atoms with Crippen LogP contribution in [0, 0.1) is 0 Å². The minimum atomic E-state index is -0.582. The highest BCUT2D eigenvalue weighted by Gasteiger charge is 2.13. The van der Waals surface area contributed by atoms with Crippen LogP contribution in [0.4, 0.5) is 0 Å². The van der Waals surface area contributed by atoms with Gasteiger partial charge in [-0.25, -0.2) is 9.97 Å². The van der Waals surface area contributed by atoms with Crippen LogP contribution in [-0.2, 0) is 0 Å². The summed E-state index contributed by atoms with van der Waals surface area (Å²) in [4.78, 5) is 9.20. The van der Waals surface area contributed by atoms with Crippen molar-refractivity contribution >= 4 is 32.3 Å². The van der Waals surface area contributed by atoms with E-state index in [1.54, 1.807) is 6.07 Å². The summed E-state index contributed by atoms with van der Waals surface area (Å²) in [6.45, 7) is 0. The van der Waals surface area contributed by atoms with Crippen LogP contribution in [0.15, 0.2) is 182 Å². The normalized spacial score (nSPS) is 14.2. The summed E-state index contributed by atoms with van der Waals surface area (Å²) in [6.07, 6.45) is 0. The van der Waals surface area contributed by atoms with E-state index in [0.29, 0.717) is 5.56 Å². The molecule has 0 saturated carbocycles. The topological polar surface area (TPSA) is 25.8 Å². The second kappa shape index (κ2) is 11.8. The first-order valence-corrected chi connectivity index (χ1v) is 15.5. The van der Waals surface area contributed by atoms with Gasteiger partial charge in [0.2, 0.25) is 0 Å². The number of nitrogens with zero attached hydrogens (tertiary/aromatic N) is 2. The third kappa shape index (κ3) is 5.01. The van der Waals surface area contributed by atoms with Gasteiger partial charge >= 0.3 is 0 Å². The molecule has 2 heteroatoms. The Labute approximate surface area is 293 Å². The van der Waals surface area contributed by atoms with E-state index in [9.17, 15) is 0 Å². The number of benzene rings is 8. The predicted molar refractivity (Wildman–Crippen MR) is 202 cm³/mol. The Kier molecular flexibility index (Phi) is 4.74. The number of hydrogen-bond acceptors (Lipinski definition) is 2. The fourth-order valence-electron chi connectivity index (χ4n) is 6.40. The van der Waals surface area contributed by atoms with Crippen LogP contribution in [0.2, 0.25) is 0 Å². The van der Waals surface area contributed by atoms with Gasteiger partial charge in [-0.05, 0) is 78.8 Å². The molecule has 1 heterocycles. The molecule has 0 aliphatic rings. The van der Waals surface area contributed by atoms with Crippen molar-refractivity contribution in [1.82, 2.24) is 9.97 Å². The third-order valence-corrected chi connectivity index (χ3v) is 8.64. The van der Waals surface area contributed by atoms with E-state index in [4.69, 9.17) is 18.7 Å². The van der Waals surface area contributed by atoms with Crippen molar-refractivity contribution in [2.45, 2.75) is 0 Å². The maximum atomic E-state index is 8.67. The standard InChI is InChI=1S/C46H30N2/c1-3-13-31(14-4-1)44-30-45(48-46(47-44)32-15-5-2-6-16-32)37-20-12-19-35(28-37)33-17-11-18-34(27-33)36-25-26-42-40-23-8-7-21-38(40)39-22-9-10-24-41(39)43(42)29-36/h1-30H/i1D,2D,3D,4D,5D,6D,13D,14D,15D,16D. The lowest BCUT2D eigenvalue weighted by molar-refractivity contribution is 1.18. The molecule has 1 aromatic heterocycles. The molecule has 9 aromatic rings. The smallest absolute Gasteiger partial charge is 0.160 e. The molecule has 48 heavy (non-hydrogen) atoms. The van der Waals surface area contributed by atoms with E-state index < -0.39 is 60.4 Å². The monoisotopic (exact) mass is 620 g/mol. The SMILES string of the molecule is [2H]c1c([2H])c([2H])c(-c2cc(-c3cccc(-c4cccc(-c5ccc6c7ccccc7c7ccccc7c6c5)c4)c3)nc(-c3c([2H])c([2H])c([2H])c([2H])c3[2H])n2)c([2H])c1[2H]. The van der Waals surface area contributed by atoms with Gasteiger partial charge in [-0.2, -0.15) is 0 Å². The molecule has 8 aromatic carbocycles. The molecule has 0 aliphatic carbocycles. The van der Waals surface area contributed by atoms with E-state index in [1.807, 2.05) is 30.3 Å². The average Bonchev–Trinajstić information content (AvgIpc) is 3.26. The van der Waals surface area contributed by atoms with Gasteiger partial charge in [-0.3, -0.25) is 0 Å². The van der Waals surface area contributed by atoms with Crippen LogP contribution in [0.5, 0.6) is 0 Å². The number of aromatic nitrogens is 2. The Morgan fingerprint density at radius 2 is 0.750 bits per heavy atom. The highest BCUT2D eigenvalue weighted by Crippen LogP contribution is 2.38. The summed E-state index contributed by atoms with van der Waals surface area (Å²) >= 11 is 0. The fourth-order valence-corrected chi connectivity index (χ4v) is 6.40. The lowest BCUT2D eigenvalue weighted by Gasteiger charge is -2.13. The minimum absolute atomic E-state index is 0.0622. The number of hydrogen-bond donors (Lipinski definition) is 0. The second-order valence-corrected chi connectivity index (χ2v) is 11.5. The maximum absolute atomic E-state index is 8.67. The van der Waals surface area contributed by atoms with Gasteiger partial charge in [0.15, 0.2) is 5.82 Å². The third-order valence-electron chi connectivity index (χ3n) is 8.64. The molecular formula is C46H30N2. The highest BCUT2D eigenvalue weighted by molar-refractivity contribution is 6.25. The van der Waals surface area contributed by atoms with Gasteiger partial charge in [0.1, 0.15) is 0 Å². The molecule has 0 amide bonds. The molecule has 9 rings (SSSR count). The summed E-state index contributed by atoms with van der Waals surface area (Å²) in [5.74, 6) is -0.250. The molecule has 0 spiro atoms. The molecule has 0 aliphatic heterocycles. The second-order valence-electron chi connectivity index (χ2n) is 11.5. The molecule has 0 N–H and O–H groups in total. The lowest BCUT2D eigenvalue weighted by atomic mass is 9.91. The quantitative estimate of drug-likeness (QED) is 0.179. The van der Waals surface area contributed by atoms with Gasteiger partial charge in [0.25, 0.3) is 0 Å². The average molecular weight is 621 g/mol. The van der Waals surface area contributed by atoms with Crippen LogP contribution in [-0.4, -0.2) is 9.97 Å². The highest BCUT2D eigenvalue weighted by atomic mass is 14.9. The van der Waals surface area contributed by atoms with E-state index in [1.165, 1.54) is 33.0 Å². The molecule has 0 fully saturated rings. The van der Waals surface area contributed by atoms with Gasteiger partial charge in [-0.1, -0.05) is 157 Å². The first-order valence-electron chi connectivity index (χ1n) is 20.5. The van der Waals surface area contributed by atoms with E-state index in [2.05, 4.69) is 83.8 Å². The first kappa shape index (κ1) is 19.3. The van der Waals surface area contributed by atoms with E-state index in [0.717, 1.165) is 27.6 Å². The van der Waals surface area contributed by atoms with Crippen LogP contribution in [0.1, 0.15) is 13.7 Å². The Morgan fingerprint density at radius 1 is 0.312 bits per heavy atom. The number of fused-ring (bicyclic) bond motifs is 6. The molecule has 2 nitrogen and oxygen atoms in total. The van der Waals surface area contributed by atoms with E-state index in [-0.39, 0.29) is 28.3 Å². The number of rotatable bonds is 5. The molecule has 0 atom stereocenters. The lowest BCUT2D eigenvalue weighted by Crippen LogP contribution is -1.96. The van der Waals surface area contributed by atoms with Crippen LogP contribution in [0.3, 0.4) is 0 Å². The molecule has 0 unspecified atom stereocenters. The first-order chi connectivity index (χ1) is 27.9. The van der Waals surface area contributed by atoms with Crippen LogP contribution < -0.4 is 0 Å². The Balaban J connectivity index is 1.19. The zero-order valence-corrected chi connectivity index (χ0v) is 25.4. The fraction of sp³-hybridized carbons (Fsp3) is 0. The van der Waals surface area contributed by atoms with Crippen molar-refractivity contribution in [3.05, 3.63) is 182 Å². The van der Waals surface area contributed by atoms with Crippen molar-refractivity contribution < 1.29 is 13.7 Å². The van der Waals surface area contributed by atoms with Crippen molar-refractivity contribution in [2.75, 3.05) is 0 Å². The van der Waals surface area contributed by atoms with Crippen molar-refractivity contribution in [1.29, 1.82) is 0 Å².